The molecule has 5 aliphatic carbocycles. The zero-order valence-corrected chi connectivity index (χ0v) is 22.8. The van der Waals surface area contributed by atoms with E-state index < -0.39 is 0 Å². The molecule has 0 amide bonds. The Morgan fingerprint density at radius 2 is 1.44 bits per heavy atom. The van der Waals surface area contributed by atoms with Crippen molar-refractivity contribution in [3.8, 4) is 0 Å². The third-order valence-corrected chi connectivity index (χ3v) is 13.4. The van der Waals surface area contributed by atoms with Gasteiger partial charge in [0.05, 0.1) is 24.4 Å². The highest BCUT2D eigenvalue weighted by Crippen LogP contribution is 2.88. The molecule has 5 rings (SSSR count). The first-order valence-corrected chi connectivity index (χ1v) is 14.4. The molecule has 34 heavy (non-hydrogen) atoms. The van der Waals surface area contributed by atoms with E-state index in [1.807, 2.05) is 0 Å². The lowest BCUT2D eigenvalue weighted by molar-refractivity contribution is -0.202. The zero-order chi connectivity index (χ0) is 25.1. The molecule has 0 aliphatic heterocycles. The van der Waals surface area contributed by atoms with Crippen molar-refractivity contribution in [3.63, 3.8) is 0 Å². The average Bonchev–Trinajstić information content (AvgIpc) is 3.38. The van der Waals surface area contributed by atoms with E-state index in [0.717, 1.165) is 57.8 Å². The summed E-state index contributed by atoms with van der Waals surface area (Å²) in [6.45, 7) is 15.8. The van der Waals surface area contributed by atoms with Gasteiger partial charge < -0.3 is 20.4 Å². The van der Waals surface area contributed by atoms with E-state index >= 15 is 0 Å². The summed E-state index contributed by atoms with van der Waals surface area (Å²) in [5, 5.41) is 44.8. The highest BCUT2D eigenvalue weighted by Gasteiger charge is 2.85. The quantitative estimate of drug-likeness (QED) is 0.442. The summed E-state index contributed by atoms with van der Waals surface area (Å²) in [4.78, 5) is 0. The molecule has 4 nitrogen and oxygen atoms in total. The van der Waals surface area contributed by atoms with E-state index in [2.05, 4.69) is 48.5 Å². The van der Waals surface area contributed by atoms with Gasteiger partial charge >= 0.3 is 0 Å². The van der Waals surface area contributed by atoms with Crippen LogP contribution in [0.4, 0.5) is 0 Å². The van der Waals surface area contributed by atoms with Gasteiger partial charge in [0.1, 0.15) is 0 Å². The van der Waals surface area contributed by atoms with Crippen LogP contribution >= 0.6 is 0 Å². The molecular weight excluding hydrogens is 424 g/mol. The van der Waals surface area contributed by atoms with Gasteiger partial charge in [0.25, 0.3) is 0 Å². The van der Waals surface area contributed by atoms with Gasteiger partial charge in [-0.15, -0.1) is 0 Å². The summed E-state index contributed by atoms with van der Waals surface area (Å²) < 4.78 is 0. The molecule has 0 aromatic carbocycles. The number of fused-ring (bicyclic) bond motifs is 2. The maximum absolute atomic E-state index is 12.0. The summed E-state index contributed by atoms with van der Waals surface area (Å²) in [6, 6.07) is 0. The molecule has 0 aromatic rings. The predicted octanol–water partition coefficient (Wildman–Crippen LogP) is 5.16. The Bertz CT molecular complexity index is 810. The van der Waals surface area contributed by atoms with Crippen molar-refractivity contribution in [2.75, 3.05) is 0 Å². The van der Waals surface area contributed by atoms with Crippen LogP contribution < -0.4 is 0 Å². The monoisotopic (exact) mass is 476 g/mol. The van der Waals surface area contributed by atoms with Crippen molar-refractivity contribution in [3.05, 3.63) is 0 Å². The summed E-state index contributed by atoms with van der Waals surface area (Å²) in [5.74, 6) is 1.69. The van der Waals surface area contributed by atoms with E-state index in [1.165, 1.54) is 0 Å². The molecule has 5 aliphatic rings. The first-order valence-electron chi connectivity index (χ1n) is 14.4. The Labute approximate surface area is 207 Å². The first kappa shape index (κ1) is 25.5. The second-order valence-corrected chi connectivity index (χ2v) is 15.1. The number of aliphatic hydroxyl groups is 4. The molecule has 12 atom stereocenters. The van der Waals surface area contributed by atoms with Crippen LogP contribution in [0.2, 0.25) is 0 Å². The van der Waals surface area contributed by atoms with Crippen molar-refractivity contribution < 1.29 is 20.4 Å². The second-order valence-electron chi connectivity index (χ2n) is 15.1. The number of hydrogen-bond acceptors (Lipinski definition) is 4. The van der Waals surface area contributed by atoms with Crippen LogP contribution in [0.25, 0.3) is 0 Å². The number of hydrogen-bond donors (Lipinski definition) is 4. The topological polar surface area (TPSA) is 80.9 Å². The maximum Gasteiger partial charge on any atom is 0.0610 e. The Morgan fingerprint density at radius 1 is 0.794 bits per heavy atom. The molecule has 4 N–H and O–H groups in total. The minimum atomic E-state index is -0.333. The normalized spacial score (nSPS) is 55.1. The standard InChI is InChI=1S/C30H52O4/c1-17(2)19(31)9-8-18(3)25-20(32)14-27(6)22-11-10-21-26(4,5)23(33)12-13-29(21)16-30(22,29)24(34)15-28(25,27)7/h17-25,31-34H,8-16H2,1-7H3/t18-,19+,20+,21+,22+,23+,24-,25+,27+,28-,29-,30+/m1/s1. The predicted molar refractivity (Wildman–Crippen MR) is 135 cm³/mol. The molecule has 5 fully saturated rings. The third kappa shape index (κ3) is 2.92. The van der Waals surface area contributed by atoms with Gasteiger partial charge in [0.15, 0.2) is 0 Å². The van der Waals surface area contributed by atoms with Gasteiger partial charge in [-0.2, -0.15) is 0 Å². The minimum Gasteiger partial charge on any atom is -0.393 e. The van der Waals surface area contributed by atoms with Gasteiger partial charge in [-0.1, -0.05) is 48.5 Å². The highest BCUT2D eigenvalue weighted by molar-refractivity contribution is 5.33. The Morgan fingerprint density at radius 3 is 2.09 bits per heavy atom. The second kappa shape index (κ2) is 7.68. The Balaban J connectivity index is 1.45. The lowest BCUT2D eigenvalue weighted by Crippen LogP contribution is -2.62. The minimum absolute atomic E-state index is 0.0206. The highest BCUT2D eigenvalue weighted by atomic mass is 16.3. The first-order chi connectivity index (χ1) is 15.7. The summed E-state index contributed by atoms with van der Waals surface area (Å²) in [5.41, 5.74) is 0.00344. The molecule has 0 saturated heterocycles. The average molecular weight is 477 g/mol. The summed E-state index contributed by atoms with van der Waals surface area (Å²) in [6.07, 6.45) is 7.47. The number of rotatable bonds is 5. The lowest BCUT2D eigenvalue weighted by atomic mass is 9.41. The van der Waals surface area contributed by atoms with Crippen LogP contribution in [0, 0.1) is 56.7 Å². The van der Waals surface area contributed by atoms with E-state index in [1.54, 1.807) is 0 Å². The van der Waals surface area contributed by atoms with Gasteiger partial charge in [-0.05, 0) is 109 Å². The van der Waals surface area contributed by atoms with E-state index in [9.17, 15) is 20.4 Å². The maximum atomic E-state index is 12.0. The van der Waals surface area contributed by atoms with Crippen LogP contribution in [-0.2, 0) is 0 Å². The van der Waals surface area contributed by atoms with Crippen molar-refractivity contribution >= 4 is 0 Å². The zero-order valence-electron chi connectivity index (χ0n) is 22.8. The van der Waals surface area contributed by atoms with Crippen LogP contribution in [0.5, 0.6) is 0 Å². The van der Waals surface area contributed by atoms with Crippen LogP contribution in [-0.4, -0.2) is 44.8 Å². The molecule has 0 radical (unpaired) electrons. The van der Waals surface area contributed by atoms with Gasteiger partial charge in [-0.25, -0.2) is 0 Å². The van der Waals surface area contributed by atoms with Crippen molar-refractivity contribution in [2.45, 2.75) is 131 Å². The SMILES string of the molecule is CC(C)[C@@H](O)CC[C@@H](C)[C@H]1[C@@H](O)C[C@@]2(C)[C@@H]3CC[C@H]4C(C)(C)[C@@H](O)CC[C@@]45C[C@@]35[C@H](O)C[C@]12C. The fourth-order valence-electron chi connectivity index (χ4n) is 11.5. The van der Waals surface area contributed by atoms with E-state index in [-0.39, 0.29) is 63.3 Å². The smallest absolute Gasteiger partial charge is 0.0610 e. The number of aliphatic hydroxyl groups excluding tert-OH is 4. The Kier molecular flexibility index (Phi) is 5.76. The van der Waals surface area contributed by atoms with E-state index in [0.29, 0.717) is 17.8 Å². The third-order valence-electron chi connectivity index (χ3n) is 13.4. The fraction of sp³-hybridized carbons (Fsp3) is 1.00. The van der Waals surface area contributed by atoms with Gasteiger partial charge in [0, 0.05) is 5.41 Å². The van der Waals surface area contributed by atoms with E-state index in [4.69, 9.17) is 0 Å². The molecule has 0 bridgehead atoms. The summed E-state index contributed by atoms with van der Waals surface area (Å²) in [7, 11) is 0. The van der Waals surface area contributed by atoms with Crippen molar-refractivity contribution in [1.82, 2.24) is 0 Å². The molecule has 0 aromatic heterocycles. The molecule has 0 heterocycles. The molecular formula is C30H52O4. The van der Waals surface area contributed by atoms with Crippen LogP contribution in [0.3, 0.4) is 0 Å². The van der Waals surface area contributed by atoms with Gasteiger partial charge in [-0.3, -0.25) is 0 Å². The summed E-state index contributed by atoms with van der Waals surface area (Å²) >= 11 is 0. The molecule has 4 heteroatoms. The van der Waals surface area contributed by atoms with Crippen LogP contribution in [0.1, 0.15) is 106 Å². The van der Waals surface area contributed by atoms with Crippen LogP contribution in [0.15, 0.2) is 0 Å². The van der Waals surface area contributed by atoms with Gasteiger partial charge in [0.2, 0.25) is 0 Å². The van der Waals surface area contributed by atoms with Crippen molar-refractivity contribution in [2.24, 2.45) is 56.7 Å². The lowest BCUT2D eigenvalue weighted by Gasteiger charge is -2.64. The molecule has 2 spiro atoms. The van der Waals surface area contributed by atoms with Crippen molar-refractivity contribution in [1.29, 1.82) is 0 Å². The Hall–Kier alpha value is -0.160. The molecule has 5 saturated carbocycles. The molecule has 0 unspecified atom stereocenters. The fourth-order valence-corrected chi connectivity index (χ4v) is 11.5. The molecule has 196 valence electrons. The largest absolute Gasteiger partial charge is 0.393 e.